The molecule has 3 aromatic carbocycles. The van der Waals surface area contributed by atoms with Crippen molar-refractivity contribution in [2.75, 3.05) is 26.2 Å². The lowest BCUT2D eigenvalue weighted by molar-refractivity contribution is 0.0773. The molecule has 0 unspecified atom stereocenters. The van der Waals surface area contributed by atoms with Crippen LogP contribution in [0, 0.1) is 0 Å². The highest BCUT2D eigenvalue weighted by Crippen LogP contribution is 2.32. The van der Waals surface area contributed by atoms with Gasteiger partial charge in [0.05, 0.1) is 0 Å². The highest BCUT2D eigenvalue weighted by molar-refractivity contribution is 5.95. The Morgan fingerprint density at radius 2 is 1.47 bits per heavy atom. The Morgan fingerprint density at radius 3 is 2.14 bits per heavy atom. The summed E-state index contributed by atoms with van der Waals surface area (Å²) in [5, 5.41) is 6.95. The van der Waals surface area contributed by atoms with Gasteiger partial charge in [0.15, 0.2) is 0 Å². The molecule has 1 aliphatic rings. The molecule has 4 heteroatoms. The first-order chi connectivity index (χ1) is 17.6. The van der Waals surface area contributed by atoms with E-state index < -0.39 is 0 Å². The zero-order valence-corrected chi connectivity index (χ0v) is 21.5. The summed E-state index contributed by atoms with van der Waals surface area (Å²) < 4.78 is 0. The van der Waals surface area contributed by atoms with Gasteiger partial charge in [-0.1, -0.05) is 72.8 Å². The Bertz CT molecular complexity index is 1200. The number of hydrogen-bond donors (Lipinski definition) is 2. The van der Waals surface area contributed by atoms with Gasteiger partial charge in [0.2, 0.25) is 0 Å². The second-order valence-electron chi connectivity index (χ2n) is 9.18. The minimum Gasteiger partial charge on any atom is -0.381 e. The zero-order chi connectivity index (χ0) is 25.3. The average Bonchev–Trinajstić information content (AvgIpc) is 2.94. The molecule has 0 aromatic heterocycles. The first-order valence-corrected chi connectivity index (χ1v) is 13.0. The smallest absolute Gasteiger partial charge is 0.253 e. The van der Waals surface area contributed by atoms with Crippen LogP contribution in [0.5, 0.6) is 0 Å². The average molecular weight is 480 g/mol. The van der Waals surface area contributed by atoms with Crippen molar-refractivity contribution in [3.63, 3.8) is 0 Å². The lowest BCUT2D eigenvalue weighted by atomic mass is 9.87. The Labute approximate surface area is 215 Å². The molecule has 1 saturated heterocycles. The monoisotopic (exact) mass is 479 g/mol. The van der Waals surface area contributed by atoms with Gasteiger partial charge in [0, 0.05) is 30.9 Å². The number of nitrogens with one attached hydrogen (secondary N) is 2. The topological polar surface area (TPSA) is 44.4 Å². The number of carbonyl (C=O) groups is 1. The summed E-state index contributed by atoms with van der Waals surface area (Å²) in [6.07, 6.45) is 2.04. The van der Waals surface area contributed by atoms with Gasteiger partial charge in [-0.15, -0.1) is 0 Å². The molecular weight excluding hydrogens is 442 g/mol. The van der Waals surface area contributed by atoms with Gasteiger partial charge >= 0.3 is 0 Å². The lowest BCUT2D eigenvalue weighted by Gasteiger charge is -2.22. The summed E-state index contributed by atoms with van der Waals surface area (Å²) in [6, 6.07) is 27.2. The van der Waals surface area contributed by atoms with Gasteiger partial charge < -0.3 is 15.5 Å². The molecule has 1 amide bonds. The fourth-order valence-corrected chi connectivity index (χ4v) is 4.80. The molecule has 0 atom stereocenters. The largest absolute Gasteiger partial charge is 0.381 e. The molecule has 36 heavy (non-hydrogen) atoms. The van der Waals surface area contributed by atoms with E-state index in [-0.39, 0.29) is 5.91 Å². The van der Waals surface area contributed by atoms with Crippen molar-refractivity contribution in [1.82, 2.24) is 15.5 Å². The lowest BCUT2D eigenvalue weighted by Crippen LogP contribution is -2.30. The molecule has 4 nitrogen and oxygen atoms in total. The van der Waals surface area contributed by atoms with Crippen LogP contribution in [0.1, 0.15) is 59.3 Å². The predicted octanol–water partition coefficient (Wildman–Crippen LogP) is 6.11. The third-order valence-electron chi connectivity index (χ3n) is 6.88. The fraction of sp³-hybridized carbons (Fsp3) is 0.281. The Balaban J connectivity index is 1.63. The van der Waals surface area contributed by atoms with E-state index in [2.05, 4.69) is 77.9 Å². The molecule has 0 spiro atoms. The molecule has 0 radical (unpaired) electrons. The minimum atomic E-state index is 0.0883. The van der Waals surface area contributed by atoms with Crippen molar-refractivity contribution in [3.8, 4) is 0 Å². The SMILES string of the molecule is C=C(NCc1ccccc1)c1cccc(C(=C2CCNCC2)c2ccc(C(=O)N(CC)CC)cc2)c1. The summed E-state index contributed by atoms with van der Waals surface area (Å²) in [4.78, 5) is 14.7. The van der Waals surface area contributed by atoms with Crippen molar-refractivity contribution in [3.05, 3.63) is 119 Å². The maximum Gasteiger partial charge on any atom is 0.253 e. The van der Waals surface area contributed by atoms with Crippen LogP contribution in [0.4, 0.5) is 0 Å². The van der Waals surface area contributed by atoms with Gasteiger partial charge in [-0.25, -0.2) is 0 Å². The number of piperidine rings is 1. The van der Waals surface area contributed by atoms with E-state index in [1.165, 1.54) is 22.3 Å². The van der Waals surface area contributed by atoms with Crippen molar-refractivity contribution >= 4 is 17.2 Å². The third-order valence-corrected chi connectivity index (χ3v) is 6.88. The number of carbonyl (C=O) groups excluding carboxylic acids is 1. The molecule has 4 rings (SSSR count). The molecular formula is C32H37N3O. The van der Waals surface area contributed by atoms with Crippen LogP contribution in [-0.2, 0) is 6.54 Å². The molecule has 0 aliphatic carbocycles. The highest BCUT2D eigenvalue weighted by Gasteiger charge is 2.17. The number of nitrogens with zero attached hydrogens (tertiary/aromatic N) is 1. The van der Waals surface area contributed by atoms with Crippen LogP contribution >= 0.6 is 0 Å². The molecule has 186 valence electrons. The van der Waals surface area contributed by atoms with Gasteiger partial charge in [-0.2, -0.15) is 0 Å². The first kappa shape index (κ1) is 25.5. The second kappa shape index (κ2) is 12.4. The second-order valence-corrected chi connectivity index (χ2v) is 9.18. The predicted molar refractivity (Wildman–Crippen MR) is 151 cm³/mol. The number of amides is 1. The fourth-order valence-electron chi connectivity index (χ4n) is 4.80. The van der Waals surface area contributed by atoms with Gasteiger partial charge in [0.1, 0.15) is 0 Å². The summed E-state index contributed by atoms with van der Waals surface area (Å²) in [7, 11) is 0. The minimum absolute atomic E-state index is 0.0883. The van der Waals surface area contributed by atoms with E-state index in [1.807, 2.05) is 36.9 Å². The molecule has 0 saturated carbocycles. The van der Waals surface area contributed by atoms with E-state index in [1.54, 1.807) is 0 Å². The summed E-state index contributed by atoms with van der Waals surface area (Å²) >= 11 is 0. The van der Waals surface area contributed by atoms with Crippen molar-refractivity contribution < 1.29 is 4.79 Å². The van der Waals surface area contributed by atoms with Crippen molar-refractivity contribution in [1.29, 1.82) is 0 Å². The van der Waals surface area contributed by atoms with Crippen LogP contribution in [-0.4, -0.2) is 37.0 Å². The Kier molecular flexibility index (Phi) is 8.75. The van der Waals surface area contributed by atoms with Crippen LogP contribution < -0.4 is 10.6 Å². The maximum absolute atomic E-state index is 12.8. The van der Waals surface area contributed by atoms with Crippen molar-refractivity contribution in [2.45, 2.75) is 33.2 Å². The maximum atomic E-state index is 12.8. The molecule has 1 heterocycles. The molecule has 2 N–H and O–H groups in total. The van der Waals surface area contributed by atoms with E-state index in [4.69, 9.17) is 0 Å². The quantitative estimate of drug-likeness (QED) is 0.389. The molecule has 3 aromatic rings. The summed E-state index contributed by atoms with van der Waals surface area (Å²) in [5.74, 6) is 0.0883. The Morgan fingerprint density at radius 1 is 0.833 bits per heavy atom. The van der Waals surface area contributed by atoms with E-state index >= 15 is 0 Å². The summed E-state index contributed by atoms with van der Waals surface area (Å²) in [6.45, 7) is 12.5. The van der Waals surface area contributed by atoms with Gasteiger partial charge in [0.25, 0.3) is 5.91 Å². The molecule has 1 aliphatic heterocycles. The number of benzene rings is 3. The van der Waals surface area contributed by atoms with E-state index in [0.717, 1.165) is 54.9 Å². The van der Waals surface area contributed by atoms with E-state index in [0.29, 0.717) is 13.1 Å². The van der Waals surface area contributed by atoms with Crippen LogP contribution in [0.15, 0.2) is 91.0 Å². The standard InChI is InChI=1S/C32H37N3O/c1-4-35(5-2)32(36)28-16-14-26(15-17-28)31(27-18-20-33-21-19-27)30-13-9-12-29(22-30)24(3)34-23-25-10-7-6-8-11-25/h6-17,22,33-34H,3-5,18-21,23H2,1-2H3. The molecule has 0 bridgehead atoms. The first-order valence-electron chi connectivity index (χ1n) is 13.0. The van der Waals surface area contributed by atoms with Crippen molar-refractivity contribution in [2.24, 2.45) is 0 Å². The molecule has 1 fully saturated rings. The van der Waals surface area contributed by atoms with Crippen LogP contribution in [0.25, 0.3) is 11.3 Å². The number of rotatable bonds is 9. The summed E-state index contributed by atoms with van der Waals surface area (Å²) in [5.41, 5.74) is 9.04. The van der Waals surface area contributed by atoms with Gasteiger partial charge in [-0.3, -0.25) is 4.79 Å². The number of hydrogen-bond acceptors (Lipinski definition) is 3. The Hall–Kier alpha value is -3.63. The van der Waals surface area contributed by atoms with Crippen LogP contribution in [0.3, 0.4) is 0 Å². The van der Waals surface area contributed by atoms with Gasteiger partial charge in [-0.05, 0) is 85.8 Å². The van der Waals surface area contributed by atoms with E-state index in [9.17, 15) is 4.79 Å². The highest BCUT2D eigenvalue weighted by atomic mass is 16.2. The zero-order valence-electron chi connectivity index (χ0n) is 21.5. The normalized spacial score (nSPS) is 13.2. The third kappa shape index (κ3) is 6.13. The van der Waals surface area contributed by atoms with Crippen LogP contribution in [0.2, 0.25) is 0 Å².